The predicted molar refractivity (Wildman–Crippen MR) is 140 cm³/mol. The van der Waals surface area contributed by atoms with Crippen LogP contribution in [-0.2, 0) is 0 Å². The summed E-state index contributed by atoms with van der Waals surface area (Å²) in [6.45, 7) is 5.57. The Morgan fingerprint density at radius 2 is 1.92 bits per heavy atom. The van der Waals surface area contributed by atoms with Crippen LogP contribution >= 0.6 is 11.6 Å². The van der Waals surface area contributed by atoms with Gasteiger partial charge in [-0.3, -0.25) is 9.29 Å². The van der Waals surface area contributed by atoms with E-state index in [9.17, 15) is 9.50 Å². The van der Waals surface area contributed by atoms with Crippen molar-refractivity contribution in [2.75, 3.05) is 39.5 Å². The lowest BCUT2D eigenvalue weighted by molar-refractivity contribution is 0.0668. The van der Waals surface area contributed by atoms with E-state index in [-0.39, 0.29) is 18.3 Å². The fourth-order valence-electron chi connectivity index (χ4n) is 4.22. The van der Waals surface area contributed by atoms with E-state index in [1.807, 2.05) is 43.3 Å². The lowest BCUT2D eigenvalue weighted by atomic mass is 9.93. The number of nitrogens with zero attached hydrogens (tertiary/aromatic N) is 2. The molecule has 7 heteroatoms. The molecule has 0 aliphatic carbocycles. The smallest absolute Gasteiger partial charge is 0.127 e. The van der Waals surface area contributed by atoms with Crippen LogP contribution in [0, 0.1) is 17.2 Å². The number of phenols is 1. The number of phenolic OH excluding ortho intramolecular Hbond substituents is 1. The quantitative estimate of drug-likeness (QED) is 0.430. The zero-order valence-corrected chi connectivity index (χ0v) is 20.8. The lowest BCUT2D eigenvalue weighted by Crippen LogP contribution is -2.49. The van der Waals surface area contributed by atoms with Crippen LogP contribution in [-0.4, -0.2) is 49.5 Å². The largest absolute Gasteiger partial charge is 0.508 e. The average molecular weight is 507 g/mol. The molecule has 5 rings (SSSR count). The van der Waals surface area contributed by atoms with Crippen molar-refractivity contribution >= 4 is 22.7 Å². The van der Waals surface area contributed by atoms with Crippen molar-refractivity contribution in [1.82, 2.24) is 4.90 Å². The maximum Gasteiger partial charge on any atom is 0.127 e. The molecule has 2 heterocycles. The SMILES string of the molecule is CC1=C(c2ccc(Cl)c(C#N)c2)COc2ccc(O)cc21.FCC1CN(CCOc2ccccc2)C1. The van der Waals surface area contributed by atoms with Crippen LogP contribution in [0.25, 0.3) is 11.1 Å². The second-order valence-electron chi connectivity index (χ2n) is 8.82. The first-order valence-corrected chi connectivity index (χ1v) is 12.2. The molecule has 3 aromatic rings. The molecular formula is C29H28ClFN2O3. The van der Waals surface area contributed by atoms with Gasteiger partial charge < -0.3 is 14.6 Å². The summed E-state index contributed by atoms with van der Waals surface area (Å²) in [5.41, 5.74) is 4.22. The number of ether oxygens (including phenoxy) is 2. The van der Waals surface area contributed by atoms with E-state index in [0.717, 1.165) is 53.4 Å². The molecule has 186 valence electrons. The Morgan fingerprint density at radius 1 is 1.14 bits per heavy atom. The van der Waals surface area contributed by atoms with Gasteiger partial charge in [0.25, 0.3) is 0 Å². The maximum absolute atomic E-state index is 12.1. The summed E-state index contributed by atoms with van der Waals surface area (Å²) < 4.78 is 23.4. The van der Waals surface area contributed by atoms with Crippen LogP contribution < -0.4 is 9.47 Å². The molecule has 2 aliphatic heterocycles. The zero-order chi connectivity index (χ0) is 25.5. The molecular weight excluding hydrogens is 479 g/mol. The summed E-state index contributed by atoms with van der Waals surface area (Å²) in [5.74, 6) is 2.12. The van der Waals surface area contributed by atoms with E-state index in [4.69, 9.17) is 26.3 Å². The van der Waals surface area contributed by atoms with Crippen molar-refractivity contribution in [1.29, 1.82) is 5.26 Å². The highest BCUT2D eigenvalue weighted by atomic mass is 35.5. The van der Waals surface area contributed by atoms with E-state index < -0.39 is 0 Å². The number of halogens is 2. The van der Waals surface area contributed by atoms with Gasteiger partial charge in [-0.05, 0) is 60.5 Å². The molecule has 0 amide bonds. The van der Waals surface area contributed by atoms with E-state index in [2.05, 4.69) is 11.0 Å². The Morgan fingerprint density at radius 3 is 2.64 bits per heavy atom. The Balaban J connectivity index is 0.000000179. The van der Waals surface area contributed by atoms with Gasteiger partial charge in [0, 0.05) is 36.7 Å². The van der Waals surface area contributed by atoms with E-state index in [1.54, 1.807) is 30.3 Å². The third-order valence-corrected chi connectivity index (χ3v) is 6.63. The number of nitriles is 1. The van der Waals surface area contributed by atoms with E-state index in [1.165, 1.54) is 0 Å². The molecule has 0 radical (unpaired) electrons. The van der Waals surface area contributed by atoms with Gasteiger partial charge >= 0.3 is 0 Å². The van der Waals surface area contributed by atoms with Gasteiger partial charge in [-0.25, -0.2) is 0 Å². The Hall–Kier alpha value is -3.53. The standard InChI is InChI=1S/C17H12ClNO2.C12H16FNO/c1-10-14-7-13(20)3-5-17(14)21-9-15(10)11-2-4-16(18)12(6-11)8-19;13-8-11-9-14(10-11)6-7-15-12-4-2-1-3-5-12/h2-7,20H,9H2,1H3;1-5,11H,6-10H2. The third kappa shape index (κ3) is 6.17. The molecule has 0 saturated carbocycles. The lowest BCUT2D eigenvalue weighted by Gasteiger charge is -2.37. The van der Waals surface area contributed by atoms with Crippen LogP contribution in [0.5, 0.6) is 17.2 Å². The Kier molecular flexibility index (Phi) is 8.48. The summed E-state index contributed by atoms with van der Waals surface area (Å²) in [6, 6.07) is 22.3. The molecule has 3 aromatic carbocycles. The monoisotopic (exact) mass is 506 g/mol. The summed E-state index contributed by atoms with van der Waals surface area (Å²) in [6.07, 6.45) is 0. The number of allylic oxidation sites excluding steroid dienone is 1. The first kappa shape index (κ1) is 25.6. The fraction of sp³-hybridized carbons (Fsp3) is 0.276. The highest BCUT2D eigenvalue weighted by Gasteiger charge is 2.25. The van der Waals surface area contributed by atoms with Gasteiger partial charge in [-0.2, -0.15) is 5.26 Å². The first-order chi connectivity index (χ1) is 17.5. The Labute approximate surface area is 216 Å². The molecule has 0 spiro atoms. The number of aromatic hydroxyl groups is 1. The molecule has 5 nitrogen and oxygen atoms in total. The van der Waals surface area contributed by atoms with Crippen molar-refractivity contribution in [2.24, 2.45) is 5.92 Å². The topological polar surface area (TPSA) is 65.7 Å². The molecule has 0 aromatic heterocycles. The van der Waals surface area contributed by atoms with Crippen LogP contribution in [0.1, 0.15) is 23.6 Å². The minimum Gasteiger partial charge on any atom is -0.508 e. The van der Waals surface area contributed by atoms with Crippen LogP contribution in [0.4, 0.5) is 4.39 Å². The van der Waals surface area contributed by atoms with Gasteiger partial charge in [0.1, 0.15) is 36.5 Å². The summed E-state index contributed by atoms with van der Waals surface area (Å²) in [4.78, 5) is 2.22. The van der Waals surface area contributed by atoms with Gasteiger partial charge in [0.15, 0.2) is 0 Å². The number of rotatable bonds is 6. The van der Waals surface area contributed by atoms with Crippen molar-refractivity contribution in [2.45, 2.75) is 6.92 Å². The second-order valence-corrected chi connectivity index (χ2v) is 9.23. The molecule has 2 aliphatic rings. The third-order valence-electron chi connectivity index (χ3n) is 6.30. The van der Waals surface area contributed by atoms with Crippen molar-refractivity contribution in [3.63, 3.8) is 0 Å². The van der Waals surface area contributed by atoms with Crippen LogP contribution in [0.15, 0.2) is 66.7 Å². The van der Waals surface area contributed by atoms with Crippen LogP contribution in [0.2, 0.25) is 5.02 Å². The molecule has 36 heavy (non-hydrogen) atoms. The normalized spacial score (nSPS) is 15.1. The number of alkyl halides is 1. The highest BCUT2D eigenvalue weighted by molar-refractivity contribution is 6.31. The number of fused-ring (bicyclic) bond motifs is 1. The number of para-hydroxylation sites is 1. The van der Waals surface area contributed by atoms with Gasteiger partial charge in [-0.1, -0.05) is 35.9 Å². The summed E-state index contributed by atoms with van der Waals surface area (Å²) in [5, 5.41) is 19.2. The zero-order valence-electron chi connectivity index (χ0n) is 20.1. The predicted octanol–water partition coefficient (Wildman–Crippen LogP) is 6.21. The summed E-state index contributed by atoms with van der Waals surface area (Å²) in [7, 11) is 0. The summed E-state index contributed by atoms with van der Waals surface area (Å²) >= 11 is 5.97. The van der Waals surface area contributed by atoms with Crippen molar-refractivity contribution < 1.29 is 19.0 Å². The average Bonchev–Trinajstić information content (AvgIpc) is 2.87. The number of benzene rings is 3. The maximum atomic E-state index is 12.1. The molecule has 1 N–H and O–H groups in total. The second kappa shape index (κ2) is 11.9. The minimum atomic E-state index is -0.184. The molecule has 0 unspecified atom stereocenters. The Bertz CT molecular complexity index is 1270. The van der Waals surface area contributed by atoms with Crippen molar-refractivity contribution in [3.8, 4) is 23.3 Å². The van der Waals surface area contributed by atoms with E-state index >= 15 is 0 Å². The highest BCUT2D eigenvalue weighted by Crippen LogP contribution is 2.39. The van der Waals surface area contributed by atoms with Crippen molar-refractivity contribution in [3.05, 3.63) is 88.4 Å². The number of likely N-dealkylation sites (tertiary alicyclic amines) is 1. The van der Waals surface area contributed by atoms with Gasteiger partial charge in [-0.15, -0.1) is 0 Å². The fourth-order valence-corrected chi connectivity index (χ4v) is 4.38. The van der Waals surface area contributed by atoms with Crippen LogP contribution in [0.3, 0.4) is 0 Å². The molecule has 1 saturated heterocycles. The molecule has 0 atom stereocenters. The van der Waals surface area contributed by atoms with Gasteiger partial charge in [0.05, 0.1) is 17.3 Å². The number of hydrogen-bond acceptors (Lipinski definition) is 5. The molecule has 0 bridgehead atoms. The molecule has 1 fully saturated rings. The minimum absolute atomic E-state index is 0.184. The number of hydrogen-bond donors (Lipinski definition) is 1. The first-order valence-electron chi connectivity index (χ1n) is 11.8. The van der Waals surface area contributed by atoms with Gasteiger partial charge in [0.2, 0.25) is 0 Å². The van der Waals surface area contributed by atoms with E-state index in [0.29, 0.717) is 23.8 Å².